The van der Waals surface area contributed by atoms with E-state index in [9.17, 15) is 4.79 Å². The summed E-state index contributed by atoms with van der Waals surface area (Å²) in [6.45, 7) is 0.299. The van der Waals surface area contributed by atoms with Gasteiger partial charge in [-0.15, -0.1) is 0 Å². The highest BCUT2D eigenvalue weighted by Crippen LogP contribution is 2.26. The normalized spacial score (nSPS) is 10.5. The summed E-state index contributed by atoms with van der Waals surface area (Å²) in [5, 5.41) is 13.2. The fraction of sp³-hybridized carbons (Fsp3) is 0.125. The number of carbonyl (C=O) groups excluding carboxylic acids is 1. The maximum Gasteiger partial charge on any atom is 0.240 e. The zero-order chi connectivity index (χ0) is 21.2. The molecule has 1 N–H and O–H groups in total. The molecule has 3 rings (SSSR count). The van der Waals surface area contributed by atoms with Crippen molar-refractivity contribution in [2.24, 2.45) is 5.10 Å². The summed E-state index contributed by atoms with van der Waals surface area (Å²) in [5.74, 6) is 0.525. The van der Waals surface area contributed by atoms with Crippen LogP contribution in [0.15, 0.2) is 82.4 Å². The monoisotopic (exact) mass is 461 g/mol. The lowest BCUT2D eigenvalue weighted by atomic mass is 10.1. The molecule has 6 heteroatoms. The number of hydrogen-bond acceptors (Lipinski definition) is 4. The number of nitriles is 1. The second kappa shape index (κ2) is 10.9. The molecule has 0 aliphatic rings. The van der Waals surface area contributed by atoms with Gasteiger partial charge in [0, 0.05) is 12.0 Å². The van der Waals surface area contributed by atoms with Crippen molar-refractivity contribution in [3.63, 3.8) is 0 Å². The van der Waals surface area contributed by atoms with Gasteiger partial charge in [0.25, 0.3) is 0 Å². The van der Waals surface area contributed by atoms with Crippen molar-refractivity contribution in [2.45, 2.75) is 19.4 Å². The Morgan fingerprint density at radius 3 is 2.63 bits per heavy atom. The summed E-state index contributed by atoms with van der Waals surface area (Å²) in [5.41, 5.74) is 5.91. The third-order valence-electron chi connectivity index (χ3n) is 4.36. The Bertz CT molecular complexity index is 1080. The second-order valence-corrected chi connectivity index (χ2v) is 7.38. The van der Waals surface area contributed by atoms with Crippen LogP contribution in [0.1, 0.15) is 28.7 Å². The van der Waals surface area contributed by atoms with Crippen LogP contribution in [0.4, 0.5) is 0 Å². The van der Waals surface area contributed by atoms with Crippen molar-refractivity contribution in [3.05, 3.63) is 99.5 Å². The molecule has 0 aromatic heterocycles. The number of ether oxygens (including phenoxy) is 1. The highest BCUT2D eigenvalue weighted by Gasteiger charge is 2.06. The number of hydrogen-bond donors (Lipinski definition) is 1. The number of amides is 1. The Kier molecular flexibility index (Phi) is 7.76. The fourth-order valence-corrected chi connectivity index (χ4v) is 3.27. The Hall–Kier alpha value is -3.43. The zero-order valence-corrected chi connectivity index (χ0v) is 17.8. The Balaban J connectivity index is 1.51. The van der Waals surface area contributed by atoms with Gasteiger partial charge in [0.15, 0.2) is 0 Å². The van der Waals surface area contributed by atoms with Crippen LogP contribution in [0.25, 0.3) is 0 Å². The zero-order valence-electron chi connectivity index (χ0n) is 16.2. The van der Waals surface area contributed by atoms with E-state index in [1.165, 1.54) is 0 Å². The molecule has 0 aliphatic heterocycles. The average molecular weight is 462 g/mol. The van der Waals surface area contributed by atoms with Crippen molar-refractivity contribution in [3.8, 4) is 11.8 Å². The third kappa shape index (κ3) is 6.29. The molecule has 150 valence electrons. The maximum atomic E-state index is 11.9. The van der Waals surface area contributed by atoms with E-state index in [-0.39, 0.29) is 5.91 Å². The largest absolute Gasteiger partial charge is 0.488 e. The smallest absolute Gasteiger partial charge is 0.240 e. The Morgan fingerprint density at radius 2 is 1.87 bits per heavy atom. The first-order valence-electron chi connectivity index (χ1n) is 9.42. The van der Waals surface area contributed by atoms with E-state index in [0.717, 1.165) is 21.2 Å². The van der Waals surface area contributed by atoms with E-state index in [1.807, 2.05) is 66.7 Å². The van der Waals surface area contributed by atoms with Crippen LogP contribution >= 0.6 is 15.9 Å². The summed E-state index contributed by atoms with van der Waals surface area (Å²) in [6.07, 6.45) is 2.64. The number of benzene rings is 3. The molecule has 0 radical (unpaired) electrons. The Morgan fingerprint density at radius 1 is 1.10 bits per heavy atom. The van der Waals surface area contributed by atoms with Crippen LogP contribution in [0.5, 0.6) is 5.75 Å². The molecule has 3 aromatic rings. The van der Waals surface area contributed by atoms with Crippen LogP contribution in [0, 0.1) is 11.3 Å². The van der Waals surface area contributed by atoms with E-state index < -0.39 is 0 Å². The van der Waals surface area contributed by atoms with Crippen molar-refractivity contribution in [1.82, 2.24) is 5.43 Å². The molecule has 0 aliphatic carbocycles. The molecule has 1 amide bonds. The van der Waals surface area contributed by atoms with Crippen molar-refractivity contribution in [2.75, 3.05) is 0 Å². The van der Waals surface area contributed by atoms with Gasteiger partial charge in [-0.3, -0.25) is 4.79 Å². The van der Waals surface area contributed by atoms with Crippen LogP contribution in [0.3, 0.4) is 0 Å². The number of nitrogens with one attached hydrogen (secondary N) is 1. The topological polar surface area (TPSA) is 74.5 Å². The van der Waals surface area contributed by atoms with Crippen LogP contribution in [-0.4, -0.2) is 12.1 Å². The van der Waals surface area contributed by atoms with Gasteiger partial charge in [-0.2, -0.15) is 10.4 Å². The molecule has 0 saturated carbocycles. The molecule has 0 spiro atoms. The van der Waals surface area contributed by atoms with Gasteiger partial charge in [0.05, 0.1) is 22.3 Å². The van der Waals surface area contributed by atoms with Gasteiger partial charge in [0.2, 0.25) is 5.91 Å². The predicted octanol–water partition coefficient (Wildman–Crippen LogP) is 4.98. The molecule has 3 aromatic carbocycles. The van der Waals surface area contributed by atoms with E-state index in [2.05, 4.69) is 32.5 Å². The molecular formula is C24H20BrN3O2. The van der Waals surface area contributed by atoms with E-state index >= 15 is 0 Å². The molecule has 30 heavy (non-hydrogen) atoms. The van der Waals surface area contributed by atoms with Crippen molar-refractivity contribution in [1.29, 1.82) is 5.26 Å². The van der Waals surface area contributed by atoms with Gasteiger partial charge in [0.1, 0.15) is 12.4 Å². The average Bonchev–Trinajstić information content (AvgIpc) is 2.78. The molecule has 5 nitrogen and oxygen atoms in total. The first-order chi connectivity index (χ1) is 14.7. The summed E-state index contributed by atoms with van der Waals surface area (Å²) in [6, 6.07) is 24.9. The van der Waals surface area contributed by atoms with Crippen LogP contribution < -0.4 is 10.2 Å². The summed E-state index contributed by atoms with van der Waals surface area (Å²) in [7, 11) is 0. The van der Waals surface area contributed by atoms with Gasteiger partial charge < -0.3 is 4.74 Å². The summed E-state index contributed by atoms with van der Waals surface area (Å²) in [4.78, 5) is 11.9. The molecule has 0 bridgehead atoms. The van der Waals surface area contributed by atoms with Crippen LogP contribution in [-0.2, 0) is 17.8 Å². The lowest BCUT2D eigenvalue weighted by Gasteiger charge is -2.10. The molecule has 0 heterocycles. The minimum Gasteiger partial charge on any atom is -0.488 e. The van der Waals surface area contributed by atoms with E-state index in [4.69, 9.17) is 10.00 Å². The number of hydrazone groups is 1. The third-order valence-corrected chi connectivity index (χ3v) is 4.98. The van der Waals surface area contributed by atoms with Gasteiger partial charge >= 0.3 is 0 Å². The number of nitrogens with zero attached hydrogens (tertiary/aromatic N) is 2. The second-order valence-electron chi connectivity index (χ2n) is 6.53. The highest BCUT2D eigenvalue weighted by atomic mass is 79.9. The highest BCUT2D eigenvalue weighted by molar-refractivity contribution is 9.10. The minimum atomic E-state index is -0.134. The SMILES string of the molecule is N#Cc1ccccc1COc1ccc(/C=N\NC(=O)CCc2ccccc2)cc1Br. The first kappa shape index (κ1) is 21.3. The maximum absolute atomic E-state index is 11.9. The van der Waals surface area contributed by atoms with Gasteiger partial charge in [-0.05, 0) is 57.7 Å². The lowest BCUT2D eigenvalue weighted by molar-refractivity contribution is -0.121. The van der Waals surface area contributed by atoms with E-state index in [0.29, 0.717) is 30.8 Å². The molecule has 0 saturated heterocycles. The van der Waals surface area contributed by atoms with Crippen molar-refractivity contribution < 1.29 is 9.53 Å². The van der Waals surface area contributed by atoms with Crippen molar-refractivity contribution >= 4 is 28.1 Å². The summed E-state index contributed by atoms with van der Waals surface area (Å²) >= 11 is 3.49. The number of rotatable bonds is 8. The van der Waals surface area contributed by atoms with E-state index in [1.54, 1.807) is 12.3 Å². The lowest BCUT2D eigenvalue weighted by Crippen LogP contribution is -2.17. The molecule has 0 fully saturated rings. The molecule has 0 unspecified atom stereocenters. The minimum absolute atomic E-state index is 0.134. The van der Waals surface area contributed by atoms with Crippen LogP contribution in [0.2, 0.25) is 0 Å². The Labute approximate surface area is 184 Å². The molecular weight excluding hydrogens is 442 g/mol. The first-order valence-corrected chi connectivity index (χ1v) is 10.2. The standard InChI is InChI=1S/C24H20BrN3O2/c25-22-14-19(16-27-28-24(29)13-11-18-6-2-1-3-7-18)10-12-23(22)30-17-21-9-5-4-8-20(21)15-26/h1-10,12,14,16H,11,13,17H2,(H,28,29)/b27-16-. The molecule has 0 atom stereocenters. The van der Waals surface area contributed by atoms with Gasteiger partial charge in [-0.1, -0.05) is 48.5 Å². The predicted molar refractivity (Wildman–Crippen MR) is 120 cm³/mol. The number of halogens is 1. The van der Waals surface area contributed by atoms with Gasteiger partial charge in [-0.25, -0.2) is 5.43 Å². The number of carbonyl (C=O) groups is 1. The number of aryl methyl sites for hydroxylation is 1. The quantitative estimate of drug-likeness (QED) is 0.379. The summed E-state index contributed by atoms with van der Waals surface area (Å²) < 4.78 is 6.59. The fourth-order valence-electron chi connectivity index (χ4n) is 2.76.